The van der Waals surface area contributed by atoms with Crippen molar-refractivity contribution < 1.29 is 28.3 Å². The van der Waals surface area contributed by atoms with Crippen molar-refractivity contribution in [2.24, 2.45) is 0 Å². The molecule has 0 aliphatic carbocycles. The van der Waals surface area contributed by atoms with Crippen LogP contribution in [-0.2, 0) is 19.2 Å². The van der Waals surface area contributed by atoms with Crippen molar-refractivity contribution in [3.63, 3.8) is 0 Å². The average molecular weight is 505 g/mol. The van der Waals surface area contributed by atoms with Crippen LogP contribution in [0.2, 0.25) is 0 Å². The van der Waals surface area contributed by atoms with Crippen LogP contribution in [0.3, 0.4) is 0 Å². The molecule has 0 N–H and O–H groups in total. The number of amides is 4. The highest BCUT2D eigenvalue weighted by Crippen LogP contribution is 2.25. The van der Waals surface area contributed by atoms with Crippen LogP contribution in [-0.4, -0.2) is 23.6 Å². The van der Waals surface area contributed by atoms with Crippen LogP contribution in [0.4, 0.5) is 11.4 Å². The summed E-state index contributed by atoms with van der Waals surface area (Å²) in [6.07, 6.45) is 8.79. The molecule has 6 rings (SSSR count). The predicted octanol–water partition coefficient (Wildman–Crippen LogP) is 3.21. The highest BCUT2D eigenvalue weighted by atomic mass is 16.2. The first-order valence-corrected chi connectivity index (χ1v) is 12.4. The highest BCUT2D eigenvalue weighted by Gasteiger charge is 2.32. The third-order valence-corrected chi connectivity index (χ3v) is 6.87. The Morgan fingerprint density at radius 2 is 0.816 bits per heavy atom. The molecule has 0 saturated carbocycles. The Hall–Kier alpha value is -4.98. The Labute approximate surface area is 219 Å². The summed E-state index contributed by atoms with van der Waals surface area (Å²) in [5.74, 6) is -0.672. The van der Waals surface area contributed by atoms with Gasteiger partial charge in [-0.1, -0.05) is 12.1 Å². The Balaban J connectivity index is 1.21. The summed E-state index contributed by atoms with van der Waals surface area (Å²) < 4.78 is 3.88. The van der Waals surface area contributed by atoms with Crippen LogP contribution in [0.15, 0.2) is 97.6 Å². The maximum Gasteiger partial charge on any atom is 0.234 e. The maximum absolute atomic E-state index is 12.1. The number of rotatable bonds is 5. The summed E-state index contributed by atoms with van der Waals surface area (Å²) in [7, 11) is 0. The molecule has 0 bridgehead atoms. The van der Waals surface area contributed by atoms with Gasteiger partial charge in [0.1, 0.15) is 0 Å². The SMILES string of the molecule is O=C1CCC(=O)N1c1cccc(-[n+]2ccc(-c3cc[n+](-c4cccc(N5C(=O)CCC5=O)c4)cc3)cc2)c1. The van der Waals surface area contributed by atoms with Crippen molar-refractivity contribution in [2.45, 2.75) is 25.7 Å². The Morgan fingerprint density at radius 1 is 0.474 bits per heavy atom. The van der Waals surface area contributed by atoms with E-state index in [1.54, 1.807) is 12.1 Å². The van der Waals surface area contributed by atoms with E-state index in [-0.39, 0.29) is 49.3 Å². The smallest absolute Gasteiger partial charge is 0.234 e. The van der Waals surface area contributed by atoms with Crippen LogP contribution in [0.1, 0.15) is 25.7 Å². The average Bonchev–Trinajstić information content (AvgIpc) is 3.48. The molecule has 4 aromatic rings. The number of nitrogens with zero attached hydrogens (tertiary/aromatic N) is 4. The zero-order valence-corrected chi connectivity index (χ0v) is 20.5. The summed E-state index contributed by atoms with van der Waals surface area (Å²) in [5.41, 5.74) is 4.92. The van der Waals surface area contributed by atoms with Crippen LogP contribution < -0.4 is 18.9 Å². The number of pyridine rings is 2. The Kier molecular flexibility index (Phi) is 5.84. The van der Waals surface area contributed by atoms with Gasteiger partial charge in [0.25, 0.3) is 0 Å². The predicted molar refractivity (Wildman–Crippen MR) is 138 cm³/mol. The van der Waals surface area contributed by atoms with Gasteiger partial charge in [-0.3, -0.25) is 29.0 Å². The monoisotopic (exact) mass is 504 g/mol. The normalized spacial score (nSPS) is 15.6. The molecule has 4 amide bonds. The molecule has 4 heterocycles. The largest absolute Gasteiger partial charge is 0.274 e. The zero-order chi connectivity index (χ0) is 26.2. The molecule has 0 atom stereocenters. The standard InChI is InChI=1S/C30H24N4O4/c35-27-7-8-28(36)33(27)25-5-1-3-23(19-25)31-15-11-21(12-16-31)22-13-17-32(18-14-22)24-4-2-6-26(20-24)34-29(37)9-10-30(34)38/h1-6,11-20H,7-10H2/q+2. The lowest BCUT2D eigenvalue weighted by Gasteiger charge is -2.13. The minimum Gasteiger partial charge on any atom is -0.274 e. The van der Waals surface area contributed by atoms with E-state index < -0.39 is 0 Å². The van der Waals surface area contributed by atoms with Crippen LogP contribution in [0, 0.1) is 0 Å². The van der Waals surface area contributed by atoms with E-state index in [4.69, 9.17) is 0 Å². The molecule has 2 aliphatic heterocycles. The number of carbonyl (C=O) groups excluding carboxylic acids is 4. The van der Waals surface area contributed by atoms with E-state index in [1.807, 2.05) is 94.6 Å². The lowest BCUT2D eigenvalue weighted by atomic mass is 10.1. The minimum absolute atomic E-state index is 0.168. The molecular weight excluding hydrogens is 480 g/mol. The molecule has 186 valence electrons. The first-order chi connectivity index (χ1) is 18.5. The number of carbonyl (C=O) groups is 4. The van der Waals surface area contributed by atoms with Gasteiger partial charge in [0, 0.05) is 74.2 Å². The van der Waals surface area contributed by atoms with Gasteiger partial charge in [-0.2, -0.15) is 9.13 Å². The molecule has 2 saturated heterocycles. The van der Waals surface area contributed by atoms with Crippen molar-refractivity contribution in [3.8, 4) is 22.5 Å². The third-order valence-electron chi connectivity index (χ3n) is 6.87. The van der Waals surface area contributed by atoms with Crippen molar-refractivity contribution in [1.82, 2.24) is 0 Å². The molecule has 2 aliphatic rings. The minimum atomic E-state index is -0.168. The van der Waals surface area contributed by atoms with E-state index in [0.29, 0.717) is 11.4 Å². The van der Waals surface area contributed by atoms with E-state index in [1.165, 1.54) is 9.80 Å². The maximum atomic E-state index is 12.1. The first kappa shape index (κ1) is 23.4. The fourth-order valence-electron chi connectivity index (χ4n) is 4.90. The van der Waals surface area contributed by atoms with Gasteiger partial charge in [-0.25, -0.2) is 0 Å². The Morgan fingerprint density at radius 3 is 1.16 bits per heavy atom. The lowest BCUT2D eigenvalue weighted by molar-refractivity contribution is -0.596. The molecule has 0 spiro atoms. The second-order valence-electron chi connectivity index (χ2n) is 9.27. The highest BCUT2D eigenvalue weighted by molar-refractivity contribution is 6.20. The zero-order valence-electron chi connectivity index (χ0n) is 20.5. The molecule has 38 heavy (non-hydrogen) atoms. The molecular formula is C30H24N4O4+2. The Bertz CT molecular complexity index is 1440. The topological polar surface area (TPSA) is 82.5 Å². The number of hydrogen-bond acceptors (Lipinski definition) is 4. The first-order valence-electron chi connectivity index (χ1n) is 12.4. The molecule has 0 radical (unpaired) electrons. The van der Waals surface area contributed by atoms with Gasteiger partial charge in [-0.15, -0.1) is 0 Å². The van der Waals surface area contributed by atoms with Gasteiger partial charge in [-0.05, 0) is 23.3 Å². The van der Waals surface area contributed by atoms with Crippen molar-refractivity contribution >= 4 is 35.0 Å². The van der Waals surface area contributed by atoms with Crippen LogP contribution in [0.5, 0.6) is 0 Å². The fourth-order valence-corrected chi connectivity index (χ4v) is 4.90. The van der Waals surface area contributed by atoms with Crippen molar-refractivity contribution in [3.05, 3.63) is 97.6 Å². The third kappa shape index (κ3) is 4.26. The lowest BCUT2D eigenvalue weighted by Crippen LogP contribution is -2.32. The molecule has 2 fully saturated rings. The molecule has 2 aromatic heterocycles. The summed E-state index contributed by atoms with van der Waals surface area (Å²) in [5, 5.41) is 0. The van der Waals surface area contributed by atoms with Crippen LogP contribution in [0.25, 0.3) is 22.5 Å². The number of aromatic nitrogens is 2. The van der Waals surface area contributed by atoms with Gasteiger partial charge in [0.05, 0.1) is 11.4 Å². The second-order valence-corrected chi connectivity index (χ2v) is 9.27. The summed E-state index contributed by atoms with van der Waals surface area (Å²) in [4.78, 5) is 51.0. The summed E-state index contributed by atoms with van der Waals surface area (Å²) in [6.45, 7) is 0. The molecule has 8 nitrogen and oxygen atoms in total. The molecule has 2 aromatic carbocycles. The number of imide groups is 2. The van der Waals surface area contributed by atoms with Gasteiger partial charge < -0.3 is 0 Å². The molecule has 0 unspecified atom stereocenters. The van der Waals surface area contributed by atoms with E-state index in [0.717, 1.165) is 22.5 Å². The summed E-state index contributed by atoms with van der Waals surface area (Å²) >= 11 is 0. The van der Waals surface area contributed by atoms with E-state index in [2.05, 4.69) is 0 Å². The number of benzene rings is 2. The van der Waals surface area contributed by atoms with Gasteiger partial charge in [0.2, 0.25) is 35.0 Å². The van der Waals surface area contributed by atoms with Gasteiger partial charge >= 0.3 is 0 Å². The summed E-state index contributed by atoms with van der Waals surface area (Å²) in [6, 6.07) is 22.8. The molecule has 8 heteroatoms. The van der Waals surface area contributed by atoms with Gasteiger partial charge in [0.15, 0.2) is 24.8 Å². The van der Waals surface area contributed by atoms with Crippen molar-refractivity contribution in [1.29, 1.82) is 0 Å². The van der Waals surface area contributed by atoms with E-state index in [9.17, 15) is 19.2 Å². The second kappa shape index (κ2) is 9.48. The quantitative estimate of drug-likeness (QED) is 0.309. The van der Waals surface area contributed by atoms with Crippen molar-refractivity contribution in [2.75, 3.05) is 9.80 Å². The number of anilines is 2. The van der Waals surface area contributed by atoms with E-state index >= 15 is 0 Å². The number of hydrogen-bond donors (Lipinski definition) is 0. The fraction of sp³-hybridized carbons (Fsp3) is 0.133. The van der Waals surface area contributed by atoms with Crippen LogP contribution >= 0.6 is 0 Å².